The van der Waals surface area contributed by atoms with Crippen LogP contribution in [0.25, 0.3) is 0 Å². The van der Waals surface area contributed by atoms with Crippen molar-refractivity contribution in [1.29, 1.82) is 0 Å². The predicted molar refractivity (Wildman–Crippen MR) is 91.7 cm³/mol. The van der Waals surface area contributed by atoms with E-state index in [0.29, 0.717) is 12.8 Å². The van der Waals surface area contributed by atoms with Gasteiger partial charge in [0.15, 0.2) is 0 Å². The van der Waals surface area contributed by atoms with Gasteiger partial charge < -0.3 is 9.47 Å². The Morgan fingerprint density at radius 1 is 1.15 bits per heavy atom. The van der Waals surface area contributed by atoms with Crippen molar-refractivity contribution in [2.75, 3.05) is 6.54 Å². The normalized spacial score (nSPS) is 24.0. The zero-order valence-corrected chi connectivity index (χ0v) is 15.8. The number of benzene rings is 1. The lowest BCUT2D eigenvalue weighted by atomic mass is 9.86. The number of alkyl halides is 3. The summed E-state index contributed by atoms with van der Waals surface area (Å²) in [6, 6.07) is 4.46. The van der Waals surface area contributed by atoms with Gasteiger partial charge in [-0.3, -0.25) is 0 Å². The first kappa shape index (κ1) is 19.6. The zero-order chi connectivity index (χ0) is 20.1. The number of aryl methyl sites for hydroxylation is 1. The van der Waals surface area contributed by atoms with Crippen LogP contribution in [-0.2, 0) is 15.1 Å². The first-order valence-electron chi connectivity index (χ1n) is 8.88. The van der Waals surface area contributed by atoms with Crippen molar-refractivity contribution in [3.63, 3.8) is 0 Å². The van der Waals surface area contributed by atoms with Crippen LogP contribution in [0.2, 0.25) is 0 Å². The summed E-state index contributed by atoms with van der Waals surface area (Å²) >= 11 is 0. The van der Waals surface area contributed by atoms with Crippen LogP contribution in [0, 0.1) is 6.92 Å². The van der Waals surface area contributed by atoms with Gasteiger partial charge in [0.25, 0.3) is 0 Å². The van der Waals surface area contributed by atoms with E-state index in [1.54, 1.807) is 33.8 Å². The molecule has 148 valence electrons. The summed E-state index contributed by atoms with van der Waals surface area (Å²) in [5.41, 5.74) is -3.78. The molecule has 5 nitrogen and oxygen atoms in total. The van der Waals surface area contributed by atoms with Crippen LogP contribution in [0.15, 0.2) is 28.4 Å². The summed E-state index contributed by atoms with van der Waals surface area (Å²) in [6.45, 7) is 6.94. The highest BCUT2D eigenvalue weighted by Gasteiger charge is 2.61. The third-order valence-corrected chi connectivity index (χ3v) is 4.65. The molecule has 1 heterocycles. The Balaban J connectivity index is 1.99. The highest BCUT2D eigenvalue weighted by Crippen LogP contribution is 2.52. The van der Waals surface area contributed by atoms with Crippen molar-refractivity contribution in [3.8, 4) is 5.75 Å². The number of nitrogens with zero attached hydrogens (tertiary/aromatic N) is 2. The smallest absolute Gasteiger partial charge is 0.419 e. The van der Waals surface area contributed by atoms with Crippen molar-refractivity contribution in [3.05, 3.63) is 29.3 Å². The molecule has 1 atom stereocenters. The molecule has 3 rings (SSSR count). The van der Waals surface area contributed by atoms with Gasteiger partial charge in [-0.1, -0.05) is 12.1 Å². The lowest BCUT2D eigenvalue weighted by molar-refractivity contribution is -0.188. The molecule has 0 amide bonds. The molecule has 0 radical (unpaired) electrons. The fourth-order valence-electron chi connectivity index (χ4n) is 3.07. The monoisotopic (exact) mass is 384 g/mol. The Bertz CT molecular complexity index is 779. The number of hydrogen-bond acceptors (Lipinski definition) is 5. The van der Waals surface area contributed by atoms with Crippen molar-refractivity contribution in [2.45, 2.75) is 69.9 Å². The summed E-state index contributed by atoms with van der Waals surface area (Å²) in [4.78, 5) is 12.5. The minimum Gasteiger partial charge on any atom is -0.475 e. The van der Waals surface area contributed by atoms with E-state index in [2.05, 4.69) is 10.2 Å². The highest BCUT2D eigenvalue weighted by atomic mass is 19.4. The third kappa shape index (κ3) is 3.66. The van der Waals surface area contributed by atoms with Crippen LogP contribution >= 0.6 is 0 Å². The van der Waals surface area contributed by atoms with Crippen LogP contribution in [0.3, 0.4) is 0 Å². The second-order valence-corrected chi connectivity index (χ2v) is 8.17. The van der Waals surface area contributed by atoms with E-state index >= 15 is 0 Å². The largest absolute Gasteiger partial charge is 0.475 e. The summed E-state index contributed by atoms with van der Waals surface area (Å²) in [5, 5.41) is 7.15. The van der Waals surface area contributed by atoms with Crippen molar-refractivity contribution in [1.82, 2.24) is 0 Å². The Morgan fingerprint density at radius 3 is 2.30 bits per heavy atom. The van der Waals surface area contributed by atoms with Crippen molar-refractivity contribution < 1.29 is 27.4 Å². The van der Waals surface area contributed by atoms with Crippen LogP contribution in [-0.4, -0.2) is 29.9 Å². The Hall–Kier alpha value is -2.12. The molecule has 2 aliphatic rings. The van der Waals surface area contributed by atoms with Gasteiger partial charge in [-0.25, -0.2) is 4.79 Å². The lowest BCUT2D eigenvalue weighted by Crippen LogP contribution is -2.41. The molecular weight excluding hydrogens is 361 g/mol. The Kier molecular flexibility index (Phi) is 4.51. The fraction of sp³-hybridized carbons (Fsp3) is 0.632. The summed E-state index contributed by atoms with van der Waals surface area (Å²) < 4.78 is 53.0. The van der Waals surface area contributed by atoms with E-state index in [9.17, 15) is 18.0 Å². The topological polar surface area (TPSA) is 60.2 Å². The number of carbonyl (C=O) groups is 1. The van der Waals surface area contributed by atoms with Gasteiger partial charge in [0, 0.05) is 24.8 Å². The van der Waals surface area contributed by atoms with E-state index in [1.807, 2.05) is 0 Å². The van der Waals surface area contributed by atoms with Gasteiger partial charge in [-0.2, -0.15) is 23.4 Å². The standard InChI is InChI=1S/C19H23F3N2O3/c1-12-5-6-13(18(19(20,21)22)9-10-23-24-18)14(11-12)26-17(7-8-17)15(25)27-16(2,3)4/h5-6,11H,7-10H2,1-4H3. The number of hydrogen-bond donors (Lipinski definition) is 0. The third-order valence-electron chi connectivity index (χ3n) is 4.65. The van der Waals surface area contributed by atoms with Gasteiger partial charge in [-0.05, 0) is 39.3 Å². The SMILES string of the molecule is Cc1ccc(C2(C(F)(F)F)CCN=N2)c(OC2(C(=O)OC(C)(C)C)CC2)c1. The molecule has 27 heavy (non-hydrogen) atoms. The quantitative estimate of drug-likeness (QED) is 0.697. The Labute approximate surface area is 155 Å². The highest BCUT2D eigenvalue weighted by molar-refractivity contribution is 5.83. The molecule has 8 heteroatoms. The second-order valence-electron chi connectivity index (χ2n) is 8.17. The minimum atomic E-state index is -4.62. The van der Waals surface area contributed by atoms with Crippen LogP contribution in [0.5, 0.6) is 5.75 Å². The molecule has 1 aromatic rings. The van der Waals surface area contributed by atoms with E-state index in [-0.39, 0.29) is 24.3 Å². The first-order valence-corrected chi connectivity index (χ1v) is 8.88. The molecular formula is C19H23F3N2O3. The maximum Gasteiger partial charge on any atom is 0.419 e. The van der Waals surface area contributed by atoms with Crippen molar-refractivity contribution >= 4 is 5.97 Å². The number of azo groups is 1. The molecule has 0 bridgehead atoms. The number of carbonyl (C=O) groups excluding carboxylic acids is 1. The van der Waals surface area contributed by atoms with E-state index < -0.39 is 28.9 Å². The van der Waals surface area contributed by atoms with E-state index in [1.165, 1.54) is 12.1 Å². The average Bonchev–Trinajstić information content (AvgIpc) is 3.11. The maximum atomic E-state index is 13.9. The molecule has 1 aliphatic carbocycles. The number of rotatable bonds is 4. The number of esters is 1. The van der Waals surface area contributed by atoms with Gasteiger partial charge in [0.1, 0.15) is 11.4 Å². The zero-order valence-electron chi connectivity index (χ0n) is 15.8. The summed E-state index contributed by atoms with van der Waals surface area (Å²) in [6.07, 6.45) is -4.11. The van der Waals surface area contributed by atoms with Crippen LogP contribution < -0.4 is 4.74 Å². The fourth-order valence-corrected chi connectivity index (χ4v) is 3.07. The van der Waals surface area contributed by atoms with E-state index in [0.717, 1.165) is 5.56 Å². The predicted octanol–water partition coefficient (Wildman–Crippen LogP) is 4.86. The maximum absolute atomic E-state index is 13.9. The van der Waals surface area contributed by atoms with Crippen molar-refractivity contribution in [2.24, 2.45) is 10.2 Å². The molecule has 0 aromatic heterocycles. The molecule has 1 unspecified atom stereocenters. The molecule has 1 saturated carbocycles. The molecule has 0 saturated heterocycles. The van der Waals surface area contributed by atoms with Gasteiger partial charge in [-0.15, -0.1) is 0 Å². The molecule has 1 aromatic carbocycles. The first-order chi connectivity index (χ1) is 12.4. The number of halogens is 3. The summed E-state index contributed by atoms with van der Waals surface area (Å²) in [5.74, 6) is -0.548. The molecule has 0 spiro atoms. The van der Waals surface area contributed by atoms with Crippen LogP contribution in [0.4, 0.5) is 13.2 Å². The molecule has 0 N–H and O–H groups in total. The minimum absolute atomic E-state index is 0.00989. The summed E-state index contributed by atoms with van der Waals surface area (Å²) in [7, 11) is 0. The van der Waals surface area contributed by atoms with Crippen LogP contribution in [0.1, 0.15) is 51.2 Å². The second kappa shape index (κ2) is 6.21. The van der Waals surface area contributed by atoms with E-state index in [4.69, 9.17) is 9.47 Å². The van der Waals surface area contributed by atoms with Gasteiger partial charge in [0.2, 0.25) is 11.1 Å². The number of ether oxygens (including phenoxy) is 2. The Morgan fingerprint density at radius 2 is 1.81 bits per heavy atom. The molecule has 1 aliphatic heterocycles. The average molecular weight is 384 g/mol. The van der Waals surface area contributed by atoms with Gasteiger partial charge >= 0.3 is 12.1 Å². The molecule has 1 fully saturated rings. The van der Waals surface area contributed by atoms with Gasteiger partial charge in [0.05, 0.1) is 6.54 Å². The lowest BCUT2D eigenvalue weighted by Gasteiger charge is -2.31.